The van der Waals surface area contributed by atoms with Gasteiger partial charge in [-0.25, -0.2) is 0 Å². The number of nitrogens with one attached hydrogen (secondary N) is 1. The summed E-state index contributed by atoms with van der Waals surface area (Å²) < 4.78 is 37.2. The lowest BCUT2D eigenvalue weighted by Gasteiger charge is -2.10. The van der Waals surface area contributed by atoms with E-state index in [0.29, 0.717) is 0 Å². The van der Waals surface area contributed by atoms with E-state index in [0.717, 1.165) is 18.5 Å². The third-order valence-electron chi connectivity index (χ3n) is 1.60. The Labute approximate surface area is 88.3 Å². The van der Waals surface area contributed by atoms with E-state index >= 15 is 0 Å². The van der Waals surface area contributed by atoms with Crippen LogP contribution in [0.2, 0.25) is 0 Å². The van der Waals surface area contributed by atoms with E-state index in [9.17, 15) is 18.0 Å². The summed E-state index contributed by atoms with van der Waals surface area (Å²) >= 11 is 5.18. The molecule has 0 aliphatic heterocycles. The lowest BCUT2D eigenvalue weighted by Crippen LogP contribution is -2.25. The van der Waals surface area contributed by atoms with Crippen molar-refractivity contribution in [2.24, 2.45) is 0 Å². The van der Waals surface area contributed by atoms with Crippen molar-refractivity contribution in [2.75, 3.05) is 6.00 Å². The number of alkyl halides is 4. The van der Waals surface area contributed by atoms with Gasteiger partial charge in [0.1, 0.15) is 0 Å². The lowest BCUT2D eigenvalue weighted by atomic mass is 10.1. The summed E-state index contributed by atoms with van der Waals surface area (Å²) in [7, 11) is 0. The minimum atomic E-state index is -4.58. The summed E-state index contributed by atoms with van der Waals surface area (Å²) in [5.41, 5.74) is -1.56. The Bertz CT molecular complexity index is 367. The number of nitrogens with zero attached hydrogens (tertiary/aromatic N) is 1. The lowest BCUT2D eigenvalue weighted by molar-refractivity contribution is -0.138. The summed E-state index contributed by atoms with van der Waals surface area (Å²) in [6.45, 7) is 0. The molecule has 0 fully saturated rings. The molecule has 0 aliphatic carbocycles. The average Bonchev–Trinajstić information content (AvgIpc) is 2.17. The van der Waals surface area contributed by atoms with Gasteiger partial charge in [-0.15, -0.1) is 11.6 Å². The predicted molar refractivity (Wildman–Crippen MR) is 47.4 cm³/mol. The van der Waals surface area contributed by atoms with Crippen LogP contribution in [0.15, 0.2) is 18.5 Å². The number of carbonyl (C=O) groups excluding carboxylic acids is 1. The van der Waals surface area contributed by atoms with Crippen molar-refractivity contribution in [1.29, 1.82) is 0 Å². The maximum atomic E-state index is 12.4. The quantitative estimate of drug-likeness (QED) is 0.633. The molecule has 1 heterocycles. The second kappa shape index (κ2) is 4.48. The standard InChI is InChI=1S/C8H6ClF3N2O/c9-4-14-7(15)5-3-13-2-1-6(5)8(10,11)12/h1-3H,4H2,(H,14,15). The number of hydrogen-bond donors (Lipinski definition) is 1. The fourth-order valence-corrected chi connectivity index (χ4v) is 1.10. The molecule has 0 bridgehead atoms. The maximum Gasteiger partial charge on any atom is 0.417 e. The van der Waals surface area contributed by atoms with Crippen molar-refractivity contribution in [2.45, 2.75) is 6.18 Å². The van der Waals surface area contributed by atoms with Crippen molar-refractivity contribution in [3.63, 3.8) is 0 Å². The Morgan fingerprint density at radius 3 is 2.73 bits per heavy atom. The number of amides is 1. The summed E-state index contributed by atoms with van der Waals surface area (Å²) in [5.74, 6) is -0.898. The topological polar surface area (TPSA) is 42.0 Å². The van der Waals surface area contributed by atoms with Crippen LogP contribution in [0.1, 0.15) is 15.9 Å². The predicted octanol–water partition coefficient (Wildman–Crippen LogP) is 2.03. The van der Waals surface area contributed by atoms with Gasteiger partial charge in [-0.1, -0.05) is 0 Å². The number of hydrogen-bond acceptors (Lipinski definition) is 2. The van der Waals surface area contributed by atoms with Crippen molar-refractivity contribution in [1.82, 2.24) is 10.3 Å². The molecule has 3 nitrogen and oxygen atoms in total. The molecule has 1 aromatic rings. The number of carbonyl (C=O) groups is 1. The fraction of sp³-hybridized carbons (Fsp3) is 0.250. The first-order valence-electron chi connectivity index (χ1n) is 3.82. The second-order valence-electron chi connectivity index (χ2n) is 2.56. The zero-order valence-electron chi connectivity index (χ0n) is 7.31. The van der Waals surface area contributed by atoms with E-state index in [1.165, 1.54) is 0 Å². The second-order valence-corrected chi connectivity index (χ2v) is 2.83. The number of aromatic nitrogens is 1. The van der Waals surface area contributed by atoms with E-state index in [2.05, 4.69) is 10.3 Å². The van der Waals surface area contributed by atoms with Gasteiger partial charge in [0.2, 0.25) is 0 Å². The van der Waals surface area contributed by atoms with Crippen LogP contribution >= 0.6 is 11.6 Å². The molecule has 0 atom stereocenters. The van der Waals surface area contributed by atoms with Gasteiger partial charge in [0.05, 0.1) is 17.1 Å². The third kappa shape index (κ3) is 2.82. The molecule has 0 aliphatic rings. The Hall–Kier alpha value is -1.30. The molecule has 1 N–H and O–H groups in total. The van der Waals surface area contributed by atoms with Gasteiger partial charge < -0.3 is 5.32 Å². The normalized spacial score (nSPS) is 11.2. The number of pyridine rings is 1. The number of rotatable bonds is 2. The van der Waals surface area contributed by atoms with E-state index in [-0.39, 0.29) is 6.00 Å². The van der Waals surface area contributed by atoms with Crippen LogP contribution in [0.25, 0.3) is 0 Å². The van der Waals surface area contributed by atoms with E-state index in [4.69, 9.17) is 11.6 Å². The summed E-state index contributed by atoms with van der Waals surface area (Å²) in [5, 5.41) is 2.06. The summed E-state index contributed by atoms with van der Waals surface area (Å²) in [6, 6.07) is 0.480. The van der Waals surface area contributed by atoms with Crippen LogP contribution in [0.3, 0.4) is 0 Å². The van der Waals surface area contributed by atoms with Crippen LogP contribution < -0.4 is 5.32 Å². The van der Waals surface area contributed by atoms with E-state index in [1.807, 2.05) is 0 Å². The SMILES string of the molecule is O=C(NCCl)c1cnccc1C(F)(F)F. The molecule has 0 saturated carbocycles. The first kappa shape index (κ1) is 11.8. The summed E-state index contributed by atoms with van der Waals surface area (Å²) in [6.07, 6.45) is -2.76. The molecule has 1 aromatic heterocycles. The molecule has 15 heavy (non-hydrogen) atoms. The van der Waals surface area contributed by atoms with Crippen LogP contribution in [-0.2, 0) is 6.18 Å². The highest BCUT2D eigenvalue weighted by Crippen LogP contribution is 2.31. The highest BCUT2D eigenvalue weighted by atomic mass is 35.5. The van der Waals surface area contributed by atoms with Gasteiger partial charge in [0.25, 0.3) is 5.91 Å². The number of halogens is 4. The largest absolute Gasteiger partial charge is 0.417 e. The Morgan fingerprint density at radius 2 is 2.20 bits per heavy atom. The molecule has 1 rings (SSSR count). The van der Waals surface area contributed by atoms with E-state index in [1.54, 1.807) is 0 Å². The van der Waals surface area contributed by atoms with Crippen LogP contribution in [0, 0.1) is 0 Å². The van der Waals surface area contributed by atoms with Crippen LogP contribution in [-0.4, -0.2) is 16.9 Å². The molecule has 7 heteroatoms. The maximum absolute atomic E-state index is 12.4. The summed E-state index contributed by atoms with van der Waals surface area (Å²) in [4.78, 5) is 14.6. The van der Waals surface area contributed by atoms with Crippen molar-refractivity contribution >= 4 is 17.5 Å². The molecule has 0 saturated heterocycles. The molecule has 0 aromatic carbocycles. The first-order chi connectivity index (χ1) is 6.96. The van der Waals surface area contributed by atoms with Gasteiger partial charge in [-0.05, 0) is 6.07 Å². The average molecular weight is 239 g/mol. The molecule has 0 unspecified atom stereocenters. The van der Waals surface area contributed by atoms with Crippen LogP contribution in [0.5, 0.6) is 0 Å². The van der Waals surface area contributed by atoms with Crippen molar-refractivity contribution in [3.8, 4) is 0 Å². The molecule has 0 spiro atoms. The zero-order valence-corrected chi connectivity index (χ0v) is 8.06. The molecule has 1 amide bonds. The van der Waals surface area contributed by atoms with Crippen molar-refractivity contribution in [3.05, 3.63) is 29.6 Å². The molecule has 82 valence electrons. The minimum absolute atomic E-state index is 0.259. The highest BCUT2D eigenvalue weighted by Gasteiger charge is 2.35. The van der Waals surface area contributed by atoms with Gasteiger partial charge in [0.15, 0.2) is 0 Å². The highest BCUT2D eigenvalue weighted by molar-refractivity contribution is 6.19. The first-order valence-corrected chi connectivity index (χ1v) is 4.35. The third-order valence-corrected chi connectivity index (χ3v) is 1.73. The Morgan fingerprint density at radius 1 is 1.53 bits per heavy atom. The van der Waals surface area contributed by atoms with Crippen molar-refractivity contribution < 1.29 is 18.0 Å². The van der Waals surface area contributed by atoms with Crippen LogP contribution in [0.4, 0.5) is 13.2 Å². The fourth-order valence-electron chi connectivity index (χ4n) is 0.979. The smallest absolute Gasteiger partial charge is 0.338 e. The monoisotopic (exact) mass is 238 g/mol. The molecular weight excluding hydrogens is 233 g/mol. The van der Waals surface area contributed by atoms with E-state index < -0.39 is 23.2 Å². The zero-order chi connectivity index (χ0) is 11.5. The van der Waals surface area contributed by atoms with Gasteiger partial charge in [-0.3, -0.25) is 9.78 Å². The molecular formula is C8H6ClF3N2O. The Kier molecular flexibility index (Phi) is 3.52. The Balaban J connectivity index is 3.12. The van der Waals surface area contributed by atoms with Gasteiger partial charge in [-0.2, -0.15) is 13.2 Å². The van der Waals surface area contributed by atoms with Gasteiger partial charge >= 0.3 is 6.18 Å². The molecule has 0 radical (unpaired) electrons. The van der Waals surface area contributed by atoms with Gasteiger partial charge in [0, 0.05) is 12.4 Å². The minimum Gasteiger partial charge on any atom is -0.338 e.